The van der Waals surface area contributed by atoms with Gasteiger partial charge in [-0.25, -0.2) is 4.98 Å². The fourth-order valence-corrected chi connectivity index (χ4v) is 3.20. The van der Waals surface area contributed by atoms with Crippen LogP contribution < -0.4 is 5.32 Å². The molecule has 2 rings (SSSR count). The first-order valence-electron chi connectivity index (χ1n) is 7.09. The van der Waals surface area contributed by atoms with Gasteiger partial charge in [-0.3, -0.25) is 4.79 Å². The Morgan fingerprint density at radius 3 is 3.05 bits per heavy atom. The van der Waals surface area contributed by atoms with Crippen molar-refractivity contribution in [3.05, 3.63) is 16.6 Å². The van der Waals surface area contributed by atoms with Crippen molar-refractivity contribution < 1.29 is 9.90 Å². The molecule has 1 fully saturated rings. The van der Waals surface area contributed by atoms with Crippen molar-refractivity contribution in [3.63, 3.8) is 0 Å². The summed E-state index contributed by atoms with van der Waals surface area (Å²) in [5.74, 6) is 0.339. The molecule has 4 nitrogen and oxygen atoms in total. The summed E-state index contributed by atoms with van der Waals surface area (Å²) < 4.78 is 0. The van der Waals surface area contributed by atoms with Crippen LogP contribution in [0.15, 0.2) is 11.6 Å². The van der Waals surface area contributed by atoms with Gasteiger partial charge < -0.3 is 10.4 Å². The van der Waals surface area contributed by atoms with Gasteiger partial charge >= 0.3 is 0 Å². The van der Waals surface area contributed by atoms with Crippen molar-refractivity contribution in [2.24, 2.45) is 5.92 Å². The molecule has 0 aliphatic heterocycles. The van der Waals surface area contributed by atoms with E-state index in [2.05, 4.69) is 10.3 Å². The van der Waals surface area contributed by atoms with Crippen LogP contribution in [0.1, 0.15) is 43.5 Å². The first-order valence-corrected chi connectivity index (χ1v) is 7.97. The third-order valence-electron chi connectivity index (χ3n) is 3.71. The minimum absolute atomic E-state index is 0.0920. The second kappa shape index (κ2) is 7.60. The molecule has 1 aromatic heterocycles. The third-order valence-corrected chi connectivity index (χ3v) is 4.55. The molecule has 1 aromatic rings. The summed E-state index contributed by atoms with van der Waals surface area (Å²) in [5, 5.41) is 15.8. The highest BCUT2D eigenvalue weighted by Crippen LogP contribution is 2.23. The number of hydrogen-bond acceptors (Lipinski definition) is 4. The summed E-state index contributed by atoms with van der Waals surface area (Å²) in [6.07, 6.45) is 8.01. The molecule has 1 saturated carbocycles. The maximum atomic E-state index is 11.7. The largest absolute Gasteiger partial charge is 0.393 e. The number of aromatic nitrogens is 1. The second-order valence-electron chi connectivity index (χ2n) is 5.20. The van der Waals surface area contributed by atoms with Crippen molar-refractivity contribution in [2.75, 3.05) is 6.54 Å². The van der Waals surface area contributed by atoms with E-state index >= 15 is 0 Å². The second-order valence-corrected chi connectivity index (χ2v) is 6.17. The minimum atomic E-state index is -0.232. The predicted octanol–water partition coefficient (Wildman–Crippen LogP) is 2.13. The SMILES string of the molecule is O=C(CCCc1nccs1)NC[C@H]1CCCC[C@@H]1O. The van der Waals surface area contributed by atoms with E-state index in [1.165, 1.54) is 6.42 Å². The fourth-order valence-electron chi connectivity index (χ4n) is 2.54. The maximum Gasteiger partial charge on any atom is 0.220 e. The number of aliphatic hydroxyl groups excluding tert-OH is 1. The lowest BCUT2D eigenvalue weighted by molar-refractivity contribution is -0.121. The highest BCUT2D eigenvalue weighted by Gasteiger charge is 2.23. The van der Waals surface area contributed by atoms with Crippen molar-refractivity contribution in [2.45, 2.75) is 51.0 Å². The predicted molar refractivity (Wildman–Crippen MR) is 76.0 cm³/mol. The summed E-state index contributed by atoms with van der Waals surface area (Å²) in [6.45, 7) is 0.622. The fraction of sp³-hybridized carbons (Fsp3) is 0.714. The van der Waals surface area contributed by atoms with Crippen molar-refractivity contribution in [3.8, 4) is 0 Å². The summed E-state index contributed by atoms with van der Waals surface area (Å²) >= 11 is 1.64. The van der Waals surface area contributed by atoms with Gasteiger partial charge in [-0.1, -0.05) is 12.8 Å². The minimum Gasteiger partial charge on any atom is -0.393 e. The van der Waals surface area contributed by atoms with E-state index < -0.39 is 0 Å². The first-order chi connectivity index (χ1) is 9.25. The van der Waals surface area contributed by atoms with Crippen LogP contribution in [0.25, 0.3) is 0 Å². The zero-order chi connectivity index (χ0) is 13.5. The van der Waals surface area contributed by atoms with E-state index in [1.54, 1.807) is 17.5 Å². The molecule has 1 aliphatic carbocycles. The average Bonchev–Trinajstić information content (AvgIpc) is 2.91. The van der Waals surface area contributed by atoms with Gasteiger partial charge in [-0.15, -0.1) is 11.3 Å². The Kier molecular flexibility index (Phi) is 5.79. The number of nitrogens with zero attached hydrogens (tertiary/aromatic N) is 1. The lowest BCUT2D eigenvalue weighted by Crippen LogP contribution is -2.36. The standard InChI is InChI=1S/C14H22N2O2S/c17-12-5-2-1-4-11(12)10-16-13(18)6-3-7-14-15-8-9-19-14/h8-9,11-12,17H,1-7,10H2,(H,16,18)/t11-,12+/m1/s1. The van der Waals surface area contributed by atoms with Crippen LogP contribution in [0.2, 0.25) is 0 Å². The monoisotopic (exact) mass is 282 g/mol. The van der Waals surface area contributed by atoms with E-state index in [9.17, 15) is 9.90 Å². The number of rotatable bonds is 6. The van der Waals surface area contributed by atoms with Crippen LogP contribution in [-0.2, 0) is 11.2 Å². The zero-order valence-corrected chi connectivity index (χ0v) is 12.0. The van der Waals surface area contributed by atoms with Crippen LogP contribution in [0.5, 0.6) is 0 Å². The van der Waals surface area contributed by atoms with Crippen LogP contribution in [0.3, 0.4) is 0 Å². The van der Waals surface area contributed by atoms with Gasteiger partial charge in [-0.05, 0) is 25.7 Å². The Hall–Kier alpha value is -0.940. The Morgan fingerprint density at radius 2 is 2.32 bits per heavy atom. The summed E-state index contributed by atoms with van der Waals surface area (Å²) in [4.78, 5) is 15.9. The van der Waals surface area contributed by atoms with E-state index in [1.807, 2.05) is 5.38 Å². The van der Waals surface area contributed by atoms with Crippen molar-refractivity contribution >= 4 is 17.2 Å². The van der Waals surface area contributed by atoms with E-state index in [-0.39, 0.29) is 17.9 Å². The Morgan fingerprint density at radius 1 is 1.47 bits per heavy atom. The summed E-state index contributed by atoms with van der Waals surface area (Å²) in [7, 11) is 0. The van der Waals surface area contributed by atoms with Crippen LogP contribution in [0, 0.1) is 5.92 Å². The Balaban J connectivity index is 1.59. The number of aryl methyl sites for hydroxylation is 1. The number of aliphatic hydroxyl groups is 1. The van der Waals surface area contributed by atoms with Crippen molar-refractivity contribution in [1.82, 2.24) is 10.3 Å². The summed E-state index contributed by atoms with van der Waals surface area (Å²) in [5.41, 5.74) is 0. The number of carbonyl (C=O) groups excluding carboxylic acids is 1. The first kappa shape index (κ1) is 14.5. The van der Waals surface area contributed by atoms with E-state index in [0.29, 0.717) is 13.0 Å². The van der Waals surface area contributed by atoms with Crippen LogP contribution >= 0.6 is 11.3 Å². The molecule has 0 unspecified atom stereocenters. The highest BCUT2D eigenvalue weighted by atomic mass is 32.1. The Bertz CT molecular complexity index is 381. The number of nitrogens with one attached hydrogen (secondary N) is 1. The molecule has 5 heteroatoms. The summed E-state index contributed by atoms with van der Waals surface area (Å²) in [6, 6.07) is 0. The molecule has 19 heavy (non-hydrogen) atoms. The number of amides is 1. The lowest BCUT2D eigenvalue weighted by atomic mass is 9.86. The molecular weight excluding hydrogens is 260 g/mol. The maximum absolute atomic E-state index is 11.7. The van der Waals surface area contributed by atoms with Gasteiger partial charge in [-0.2, -0.15) is 0 Å². The molecule has 0 bridgehead atoms. The molecule has 1 aliphatic rings. The van der Waals surface area contributed by atoms with Crippen LogP contribution in [-0.4, -0.2) is 28.6 Å². The number of carbonyl (C=O) groups is 1. The number of thiazole rings is 1. The van der Waals surface area contributed by atoms with E-state index in [0.717, 1.165) is 37.1 Å². The average molecular weight is 282 g/mol. The molecule has 1 heterocycles. The van der Waals surface area contributed by atoms with Crippen LogP contribution in [0.4, 0.5) is 0 Å². The molecule has 0 radical (unpaired) electrons. The molecule has 0 saturated heterocycles. The van der Waals surface area contributed by atoms with Gasteiger partial charge in [0, 0.05) is 30.5 Å². The quantitative estimate of drug-likeness (QED) is 0.840. The molecular formula is C14H22N2O2S. The van der Waals surface area contributed by atoms with Gasteiger partial charge in [0.15, 0.2) is 0 Å². The molecule has 2 N–H and O–H groups in total. The smallest absolute Gasteiger partial charge is 0.220 e. The zero-order valence-electron chi connectivity index (χ0n) is 11.2. The molecule has 0 spiro atoms. The normalized spacial score (nSPS) is 23.2. The third kappa shape index (κ3) is 4.91. The van der Waals surface area contributed by atoms with Gasteiger partial charge in [0.05, 0.1) is 11.1 Å². The molecule has 2 atom stereocenters. The van der Waals surface area contributed by atoms with Crippen molar-refractivity contribution in [1.29, 1.82) is 0 Å². The van der Waals surface area contributed by atoms with E-state index in [4.69, 9.17) is 0 Å². The van der Waals surface area contributed by atoms with Gasteiger partial charge in [0.25, 0.3) is 0 Å². The topological polar surface area (TPSA) is 62.2 Å². The lowest BCUT2D eigenvalue weighted by Gasteiger charge is -2.27. The van der Waals surface area contributed by atoms with Gasteiger partial charge in [0.2, 0.25) is 5.91 Å². The Labute approximate surface area is 118 Å². The molecule has 1 amide bonds. The molecule has 106 valence electrons. The molecule has 0 aromatic carbocycles. The highest BCUT2D eigenvalue weighted by molar-refractivity contribution is 7.09. The van der Waals surface area contributed by atoms with Gasteiger partial charge in [0.1, 0.15) is 0 Å². The number of hydrogen-bond donors (Lipinski definition) is 2.